The van der Waals surface area contributed by atoms with Gasteiger partial charge in [0.1, 0.15) is 11.3 Å². The topological polar surface area (TPSA) is 44.8 Å². The van der Waals surface area contributed by atoms with Crippen molar-refractivity contribution >= 4 is 16.9 Å². The smallest absolute Gasteiger partial charge is 0.156 e. The Balaban J connectivity index is 1.75. The predicted molar refractivity (Wildman–Crippen MR) is 93.8 cm³/mol. The number of rotatable bonds is 2. The van der Waals surface area contributed by atoms with E-state index in [-0.39, 0.29) is 5.41 Å². The number of benzene rings is 1. The third kappa shape index (κ3) is 2.38. The van der Waals surface area contributed by atoms with Crippen LogP contribution in [-0.4, -0.2) is 28.0 Å². The monoisotopic (exact) mass is 306 g/mol. The minimum absolute atomic E-state index is 0.207. The van der Waals surface area contributed by atoms with Gasteiger partial charge < -0.3 is 9.88 Å². The van der Waals surface area contributed by atoms with Crippen LogP contribution >= 0.6 is 0 Å². The molecular weight excluding hydrogens is 284 g/mol. The molecule has 0 amide bonds. The van der Waals surface area contributed by atoms with Gasteiger partial charge >= 0.3 is 0 Å². The first kappa shape index (κ1) is 14.2. The number of nitrogens with one attached hydrogen (secondary N) is 1. The van der Waals surface area contributed by atoms with Crippen LogP contribution in [0, 0.1) is 12.3 Å². The van der Waals surface area contributed by atoms with Gasteiger partial charge in [0.05, 0.1) is 5.52 Å². The minimum Gasteiger partial charge on any atom is -0.357 e. The van der Waals surface area contributed by atoms with Gasteiger partial charge in [-0.1, -0.05) is 44.2 Å². The number of hydrogen-bond donors (Lipinski definition) is 1. The zero-order valence-corrected chi connectivity index (χ0v) is 13.9. The Hall–Kier alpha value is -2.36. The van der Waals surface area contributed by atoms with Crippen molar-refractivity contribution in [2.45, 2.75) is 26.7 Å². The highest BCUT2D eigenvalue weighted by Gasteiger charge is 2.41. The molecule has 4 nitrogen and oxygen atoms in total. The van der Waals surface area contributed by atoms with Crippen LogP contribution in [0.5, 0.6) is 0 Å². The van der Waals surface area contributed by atoms with E-state index in [0.29, 0.717) is 5.92 Å². The SMILES string of the molecule is Cc1nc(N2CC(c3ccccc3)C(C)(C)C2)c2[nH]ccc2n1. The molecule has 1 N–H and O–H groups in total. The van der Waals surface area contributed by atoms with Gasteiger partial charge in [-0.3, -0.25) is 0 Å². The summed E-state index contributed by atoms with van der Waals surface area (Å²) >= 11 is 0. The van der Waals surface area contributed by atoms with Gasteiger partial charge in [-0.2, -0.15) is 0 Å². The lowest BCUT2D eigenvalue weighted by Gasteiger charge is -2.25. The first-order valence-corrected chi connectivity index (χ1v) is 8.16. The van der Waals surface area contributed by atoms with Crippen LogP contribution in [0.15, 0.2) is 42.6 Å². The van der Waals surface area contributed by atoms with Crippen molar-refractivity contribution in [1.29, 1.82) is 0 Å². The van der Waals surface area contributed by atoms with Crippen LogP contribution in [0.2, 0.25) is 0 Å². The molecule has 23 heavy (non-hydrogen) atoms. The highest BCUT2D eigenvalue weighted by atomic mass is 15.2. The lowest BCUT2D eigenvalue weighted by Crippen LogP contribution is -2.24. The molecular formula is C19H22N4. The summed E-state index contributed by atoms with van der Waals surface area (Å²) in [4.78, 5) is 15.0. The second-order valence-electron chi connectivity index (χ2n) is 7.16. The molecule has 1 aliphatic heterocycles. The maximum atomic E-state index is 4.73. The molecule has 0 aliphatic carbocycles. The Bertz CT molecular complexity index is 835. The first-order valence-electron chi connectivity index (χ1n) is 8.16. The molecule has 0 bridgehead atoms. The van der Waals surface area contributed by atoms with Crippen molar-refractivity contribution < 1.29 is 0 Å². The average Bonchev–Trinajstić information content (AvgIpc) is 3.10. The van der Waals surface area contributed by atoms with E-state index < -0.39 is 0 Å². The van der Waals surface area contributed by atoms with Crippen LogP contribution in [0.3, 0.4) is 0 Å². The Labute approximate surface area is 136 Å². The van der Waals surface area contributed by atoms with Gasteiger partial charge in [-0.15, -0.1) is 0 Å². The molecule has 0 radical (unpaired) electrons. The molecule has 1 aliphatic rings. The molecule has 1 fully saturated rings. The lowest BCUT2D eigenvalue weighted by atomic mass is 9.78. The van der Waals surface area contributed by atoms with Crippen molar-refractivity contribution in [3.8, 4) is 0 Å². The normalized spacial score (nSPS) is 20.3. The molecule has 1 aromatic carbocycles. The molecule has 2 aromatic heterocycles. The maximum absolute atomic E-state index is 4.73. The van der Waals surface area contributed by atoms with E-state index in [1.54, 1.807) is 0 Å². The number of fused-ring (bicyclic) bond motifs is 1. The Morgan fingerprint density at radius 2 is 1.91 bits per heavy atom. The van der Waals surface area contributed by atoms with Crippen molar-refractivity contribution in [3.63, 3.8) is 0 Å². The summed E-state index contributed by atoms with van der Waals surface area (Å²) < 4.78 is 0. The maximum Gasteiger partial charge on any atom is 0.156 e. The summed E-state index contributed by atoms with van der Waals surface area (Å²) in [6.07, 6.45) is 1.94. The van der Waals surface area contributed by atoms with E-state index in [4.69, 9.17) is 4.98 Å². The first-order chi connectivity index (χ1) is 11.0. The van der Waals surface area contributed by atoms with Crippen molar-refractivity contribution in [2.24, 2.45) is 5.41 Å². The molecule has 3 heterocycles. The van der Waals surface area contributed by atoms with E-state index in [9.17, 15) is 0 Å². The second kappa shape index (κ2) is 5.08. The van der Waals surface area contributed by atoms with Crippen LogP contribution in [0.1, 0.15) is 31.2 Å². The molecule has 1 saturated heterocycles. The number of anilines is 1. The number of H-pyrrole nitrogens is 1. The fourth-order valence-electron chi connectivity index (χ4n) is 3.81. The van der Waals surface area contributed by atoms with E-state index in [1.165, 1.54) is 5.56 Å². The van der Waals surface area contributed by atoms with E-state index in [2.05, 4.69) is 59.0 Å². The van der Waals surface area contributed by atoms with E-state index in [0.717, 1.165) is 35.8 Å². The summed E-state index contributed by atoms with van der Waals surface area (Å²) in [7, 11) is 0. The lowest BCUT2D eigenvalue weighted by molar-refractivity contribution is 0.365. The van der Waals surface area contributed by atoms with Crippen molar-refractivity contribution in [2.75, 3.05) is 18.0 Å². The van der Waals surface area contributed by atoms with Crippen molar-refractivity contribution in [1.82, 2.24) is 15.0 Å². The van der Waals surface area contributed by atoms with Gasteiger partial charge in [0.25, 0.3) is 0 Å². The largest absolute Gasteiger partial charge is 0.357 e. The van der Waals surface area contributed by atoms with Crippen LogP contribution < -0.4 is 4.90 Å². The van der Waals surface area contributed by atoms with Gasteiger partial charge in [0, 0.05) is 25.2 Å². The van der Waals surface area contributed by atoms with Crippen LogP contribution in [-0.2, 0) is 0 Å². The number of nitrogens with zero attached hydrogens (tertiary/aromatic N) is 3. The summed E-state index contributed by atoms with van der Waals surface area (Å²) in [6.45, 7) is 8.65. The number of hydrogen-bond acceptors (Lipinski definition) is 3. The molecule has 0 saturated carbocycles. The highest BCUT2D eigenvalue weighted by Crippen LogP contribution is 2.44. The van der Waals surface area contributed by atoms with Gasteiger partial charge in [-0.05, 0) is 24.0 Å². The summed E-state index contributed by atoms with van der Waals surface area (Å²) in [5, 5.41) is 0. The standard InChI is InChI=1S/C19H22N4/c1-13-21-16-9-10-20-17(16)18(22-13)23-11-15(19(2,3)12-23)14-7-5-4-6-8-14/h4-10,15,20H,11-12H2,1-3H3. The number of aromatic amines is 1. The molecule has 3 aromatic rings. The molecule has 0 spiro atoms. The Morgan fingerprint density at radius 3 is 2.70 bits per heavy atom. The summed E-state index contributed by atoms with van der Waals surface area (Å²) in [6, 6.07) is 12.8. The van der Waals surface area contributed by atoms with Gasteiger partial charge in [0.2, 0.25) is 0 Å². The fourth-order valence-corrected chi connectivity index (χ4v) is 3.81. The van der Waals surface area contributed by atoms with Crippen LogP contribution in [0.25, 0.3) is 11.0 Å². The number of aryl methyl sites for hydroxylation is 1. The number of aromatic nitrogens is 3. The molecule has 4 rings (SSSR count). The Kier molecular flexibility index (Phi) is 3.15. The summed E-state index contributed by atoms with van der Waals surface area (Å²) in [5.41, 5.74) is 3.65. The molecule has 1 unspecified atom stereocenters. The van der Waals surface area contributed by atoms with Gasteiger partial charge in [-0.25, -0.2) is 9.97 Å². The zero-order valence-electron chi connectivity index (χ0n) is 13.9. The van der Waals surface area contributed by atoms with Crippen LogP contribution in [0.4, 0.5) is 5.82 Å². The average molecular weight is 306 g/mol. The predicted octanol–water partition coefficient (Wildman–Crippen LogP) is 3.90. The third-order valence-corrected chi connectivity index (χ3v) is 4.94. The minimum atomic E-state index is 0.207. The molecule has 118 valence electrons. The molecule has 1 atom stereocenters. The van der Waals surface area contributed by atoms with E-state index in [1.807, 2.05) is 19.2 Å². The second-order valence-corrected chi connectivity index (χ2v) is 7.16. The van der Waals surface area contributed by atoms with Crippen molar-refractivity contribution in [3.05, 3.63) is 54.0 Å². The van der Waals surface area contributed by atoms with Gasteiger partial charge in [0.15, 0.2) is 5.82 Å². The third-order valence-electron chi connectivity index (χ3n) is 4.94. The van der Waals surface area contributed by atoms with E-state index >= 15 is 0 Å². The molecule has 4 heteroatoms. The zero-order chi connectivity index (χ0) is 16.0. The quantitative estimate of drug-likeness (QED) is 0.781. The summed E-state index contributed by atoms with van der Waals surface area (Å²) in [5.74, 6) is 2.36. The Morgan fingerprint density at radius 1 is 1.13 bits per heavy atom. The highest BCUT2D eigenvalue weighted by molar-refractivity contribution is 5.86. The fraction of sp³-hybridized carbons (Fsp3) is 0.368.